The van der Waals surface area contributed by atoms with Gasteiger partial charge in [-0.05, 0) is 38.1 Å². The fourth-order valence-corrected chi connectivity index (χ4v) is 1.92. The summed E-state index contributed by atoms with van der Waals surface area (Å²) in [6.45, 7) is 6.18. The average molecular weight is 241 g/mol. The molecule has 1 heterocycles. The molecule has 0 saturated heterocycles. The zero-order valence-corrected chi connectivity index (χ0v) is 10.9. The number of aliphatic imine (C=N–C) groups is 1. The molecule has 3 heteroatoms. The highest BCUT2D eigenvalue weighted by atomic mass is 15.2. The Morgan fingerprint density at radius 2 is 1.78 bits per heavy atom. The van der Waals surface area contributed by atoms with Crippen molar-refractivity contribution in [3.8, 4) is 0 Å². The summed E-state index contributed by atoms with van der Waals surface area (Å²) in [6.07, 6.45) is 1.93. The van der Waals surface area contributed by atoms with Crippen LogP contribution in [0.25, 0.3) is 0 Å². The Balaban J connectivity index is 2.39. The lowest BCUT2D eigenvalue weighted by Gasteiger charge is -2.22. The van der Waals surface area contributed by atoms with Crippen molar-refractivity contribution in [1.29, 1.82) is 0 Å². The van der Waals surface area contributed by atoms with Crippen molar-refractivity contribution in [3.63, 3.8) is 0 Å². The van der Waals surface area contributed by atoms with E-state index in [1.807, 2.05) is 42.6 Å². The maximum absolute atomic E-state index is 4.75. The normalized spacial score (nSPS) is 11.6. The van der Waals surface area contributed by atoms with Gasteiger partial charge in [0.1, 0.15) is 0 Å². The minimum Gasteiger partial charge on any atom is -0.359 e. The van der Waals surface area contributed by atoms with Crippen molar-refractivity contribution in [2.45, 2.75) is 13.8 Å². The van der Waals surface area contributed by atoms with Crippen molar-refractivity contribution in [1.82, 2.24) is 9.88 Å². The molecule has 2 rings (SSSR count). The molecule has 0 aliphatic rings. The van der Waals surface area contributed by atoms with Gasteiger partial charge in [-0.15, -0.1) is 0 Å². The topological polar surface area (TPSA) is 31.4 Å². The van der Waals surface area contributed by atoms with Crippen LogP contribution in [0.5, 0.6) is 0 Å². The minimum atomic E-state index is 0.946. The predicted octanol–water partition coefficient (Wildman–Crippen LogP) is 3.43. The molecular formula is C15H19N3. The standard InChI is InChI=1S/C15H19N3/c1-3-18(4-2)15(14-11-8-12-16-14)17-13-9-6-5-7-10-13/h5-12,16H,3-4H2,1-2H3. The van der Waals surface area contributed by atoms with Gasteiger partial charge < -0.3 is 9.88 Å². The van der Waals surface area contributed by atoms with Gasteiger partial charge in [0.25, 0.3) is 0 Å². The van der Waals surface area contributed by atoms with Gasteiger partial charge in [-0.25, -0.2) is 4.99 Å². The summed E-state index contributed by atoms with van der Waals surface area (Å²) in [5.74, 6) is 0.996. The van der Waals surface area contributed by atoms with Crippen molar-refractivity contribution in [2.75, 3.05) is 13.1 Å². The lowest BCUT2D eigenvalue weighted by atomic mass is 10.3. The highest BCUT2D eigenvalue weighted by molar-refractivity contribution is 5.98. The van der Waals surface area contributed by atoms with Crippen LogP contribution in [0, 0.1) is 0 Å². The number of aromatic amines is 1. The lowest BCUT2D eigenvalue weighted by Crippen LogP contribution is -2.31. The van der Waals surface area contributed by atoms with Crippen LogP contribution in [0.2, 0.25) is 0 Å². The monoisotopic (exact) mass is 241 g/mol. The molecule has 1 aromatic heterocycles. The molecule has 0 aliphatic carbocycles. The van der Waals surface area contributed by atoms with Crippen LogP contribution in [0.3, 0.4) is 0 Å². The van der Waals surface area contributed by atoms with Crippen LogP contribution < -0.4 is 0 Å². The fraction of sp³-hybridized carbons (Fsp3) is 0.267. The molecule has 0 aliphatic heterocycles. The molecule has 0 spiro atoms. The molecule has 94 valence electrons. The second-order valence-electron chi connectivity index (χ2n) is 4.03. The summed E-state index contributed by atoms with van der Waals surface area (Å²) in [5, 5.41) is 0. The lowest BCUT2D eigenvalue weighted by molar-refractivity contribution is 0.465. The summed E-state index contributed by atoms with van der Waals surface area (Å²) in [7, 11) is 0. The summed E-state index contributed by atoms with van der Waals surface area (Å²) in [4.78, 5) is 10.2. The van der Waals surface area contributed by atoms with Crippen LogP contribution in [0.4, 0.5) is 5.69 Å². The quantitative estimate of drug-likeness (QED) is 0.645. The van der Waals surface area contributed by atoms with E-state index in [1.165, 1.54) is 0 Å². The highest BCUT2D eigenvalue weighted by Crippen LogP contribution is 2.14. The third kappa shape index (κ3) is 2.80. The van der Waals surface area contributed by atoms with Crippen LogP contribution in [0.1, 0.15) is 19.5 Å². The Bertz CT molecular complexity index is 482. The Morgan fingerprint density at radius 3 is 2.33 bits per heavy atom. The number of H-pyrrole nitrogens is 1. The number of benzene rings is 1. The molecule has 0 amide bonds. The summed E-state index contributed by atoms with van der Waals surface area (Å²) in [6, 6.07) is 14.1. The van der Waals surface area contributed by atoms with Crippen molar-refractivity contribution >= 4 is 11.5 Å². The fourth-order valence-electron chi connectivity index (χ4n) is 1.92. The van der Waals surface area contributed by atoms with Gasteiger partial charge in [-0.1, -0.05) is 18.2 Å². The Hall–Kier alpha value is -2.03. The Labute approximate surface area is 108 Å². The van der Waals surface area contributed by atoms with E-state index < -0.39 is 0 Å². The highest BCUT2D eigenvalue weighted by Gasteiger charge is 2.11. The molecule has 0 atom stereocenters. The number of aromatic nitrogens is 1. The molecular weight excluding hydrogens is 222 g/mol. The van der Waals surface area contributed by atoms with Gasteiger partial charge in [0.05, 0.1) is 11.4 Å². The maximum atomic E-state index is 4.75. The van der Waals surface area contributed by atoms with Crippen LogP contribution >= 0.6 is 0 Å². The minimum absolute atomic E-state index is 0.946. The Morgan fingerprint density at radius 1 is 1.06 bits per heavy atom. The number of hydrogen-bond donors (Lipinski definition) is 1. The number of amidine groups is 1. The predicted molar refractivity (Wildman–Crippen MR) is 76.4 cm³/mol. The molecule has 2 aromatic rings. The van der Waals surface area contributed by atoms with Crippen LogP contribution in [0.15, 0.2) is 53.7 Å². The van der Waals surface area contributed by atoms with E-state index in [0.717, 1.165) is 30.3 Å². The molecule has 0 fully saturated rings. The van der Waals surface area contributed by atoms with Crippen molar-refractivity contribution in [2.24, 2.45) is 4.99 Å². The number of rotatable bonds is 4. The second-order valence-corrected chi connectivity index (χ2v) is 4.03. The zero-order valence-electron chi connectivity index (χ0n) is 10.9. The number of hydrogen-bond acceptors (Lipinski definition) is 1. The summed E-state index contributed by atoms with van der Waals surface area (Å²) in [5.41, 5.74) is 2.04. The first-order valence-electron chi connectivity index (χ1n) is 6.37. The number of nitrogens with zero attached hydrogens (tertiary/aromatic N) is 2. The average Bonchev–Trinajstić information content (AvgIpc) is 2.94. The van der Waals surface area contributed by atoms with Crippen LogP contribution in [-0.2, 0) is 0 Å². The van der Waals surface area contributed by atoms with E-state index in [1.54, 1.807) is 0 Å². The van der Waals surface area contributed by atoms with Gasteiger partial charge in [0, 0.05) is 19.3 Å². The van der Waals surface area contributed by atoms with Gasteiger partial charge in [-0.3, -0.25) is 0 Å². The molecule has 0 saturated carbocycles. The van der Waals surface area contributed by atoms with E-state index in [9.17, 15) is 0 Å². The summed E-state index contributed by atoms with van der Waals surface area (Å²) < 4.78 is 0. The zero-order chi connectivity index (χ0) is 12.8. The SMILES string of the molecule is CCN(CC)C(=Nc1ccccc1)c1ccc[nH]1. The first kappa shape index (κ1) is 12.4. The third-order valence-corrected chi connectivity index (χ3v) is 2.89. The molecule has 0 radical (unpaired) electrons. The maximum Gasteiger partial charge on any atom is 0.152 e. The van der Waals surface area contributed by atoms with Crippen molar-refractivity contribution < 1.29 is 0 Å². The van der Waals surface area contributed by atoms with Gasteiger partial charge >= 0.3 is 0 Å². The van der Waals surface area contributed by atoms with Gasteiger partial charge in [-0.2, -0.15) is 0 Å². The van der Waals surface area contributed by atoms with E-state index in [4.69, 9.17) is 4.99 Å². The number of para-hydroxylation sites is 1. The first-order valence-corrected chi connectivity index (χ1v) is 6.37. The van der Waals surface area contributed by atoms with E-state index in [-0.39, 0.29) is 0 Å². The third-order valence-electron chi connectivity index (χ3n) is 2.89. The van der Waals surface area contributed by atoms with Crippen LogP contribution in [-0.4, -0.2) is 28.8 Å². The molecule has 3 nitrogen and oxygen atoms in total. The molecule has 0 unspecified atom stereocenters. The van der Waals surface area contributed by atoms with Gasteiger partial charge in [0.2, 0.25) is 0 Å². The van der Waals surface area contributed by atoms with Crippen molar-refractivity contribution in [3.05, 3.63) is 54.4 Å². The van der Waals surface area contributed by atoms with E-state index >= 15 is 0 Å². The molecule has 18 heavy (non-hydrogen) atoms. The Kier molecular flexibility index (Phi) is 4.18. The van der Waals surface area contributed by atoms with E-state index in [0.29, 0.717) is 0 Å². The molecule has 0 bridgehead atoms. The smallest absolute Gasteiger partial charge is 0.152 e. The number of nitrogens with one attached hydrogen (secondary N) is 1. The largest absolute Gasteiger partial charge is 0.359 e. The van der Waals surface area contributed by atoms with Gasteiger partial charge in [0.15, 0.2) is 5.84 Å². The first-order chi connectivity index (χ1) is 8.85. The van der Waals surface area contributed by atoms with E-state index in [2.05, 4.69) is 29.8 Å². The molecule has 1 N–H and O–H groups in total. The molecule has 1 aromatic carbocycles. The second kappa shape index (κ2) is 6.05. The summed E-state index contributed by atoms with van der Waals surface area (Å²) >= 11 is 0.